The molecule has 0 aliphatic carbocycles. The van der Waals surface area contributed by atoms with Gasteiger partial charge in [-0.2, -0.15) is 8.42 Å². The van der Waals surface area contributed by atoms with Gasteiger partial charge in [-0.25, -0.2) is 4.18 Å². The van der Waals surface area contributed by atoms with E-state index in [0.717, 1.165) is 0 Å². The van der Waals surface area contributed by atoms with Crippen molar-refractivity contribution in [3.8, 4) is 0 Å². The van der Waals surface area contributed by atoms with Crippen LogP contribution >= 0.6 is 11.6 Å². The van der Waals surface area contributed by atoms with Crippen molar-refractivity contribution in [1.29, 1.82) is 0 Å². The van der Waals surface area contributed by atoms with Crippen LogP contribution in [0.2, 0.25) is 0 Å². The molecule has 0 rings (SSSR count). The Balaban J connectivity index is 3.42. The lowest BCUT2D eigenvalue weighted by Gasteiger charge is -1.89. The number of hydrogen-bond acceptors (Lipinski definition) is 3. The van der Waals surface area contributed by atoms with Gasteiger partial charge in [0.1, 0.15) is 0 Å². The fourth-order valence-corrected chi connectivity index (χ4v) is 0.582. The van der Waals surface area contributed by atoms with Crippen molar-refractivity contribution in [3.05, 3.63) is 0 Å². The molecule has 0 saturated heterocycles. The van der Waals surface area contributed by atoms with E-state index in [1.54, 1.807) is 0 Å². The van der Waals surface area contributed by atoms with Gasteiger partial charge >= 0.3 is 10.5 Å². The predicted molar refractivity (Wildman–Crippen MR) is 26.7 cm³/mol. The van der Waals surface area contributed by atoms with E-state index >= 15 is 0 Å². The largest absolute Gasteiger partial charge is 0.437 e. The van der Waals surface area contributed by atoms with Crippen LogP contribution in [0.3, 0.4) is 0 Å². The second kappa shape index (κ2) is 3.21. The third kappa shape index (κ3) is 6.13. The standard InChI is InChI=1S/C2H4ClFO3S/c3-1-2-7-8(4,5)6/h1-2H2. The molecule has 0 N–H and O–H groups in total. The molecule has 3 nitrogen and oxygen atoms in total. The van der Waals surface area contributed by atoms with Crippen LogP contribution in [0.5, 0.6) is 0 Å². The summed E-state index contributed by atoms with van der Waals surface area (Å²) in [5, 5.41) is 0. The fourth-order valence-electron chi connectivity index (χ4n) is 0.131. The molecule has 6 heteroatoms. The van der Waals surface area contributed by atoms with Crippen LogP contribution in [-0.4, -0.2) is 20.9 Å². The second-order valence-electron chi connectivity index (χ2n) is 0.904. The summed E-state index contributed by atoms with van der Waals surface area (Å²) in [6.07, 6.45) is 0. The van der Waals surface area contributed by atoms with E-state index in [1.165, 1.54) is 0 Å². The molecule has 0 aromatic carbocycles. The van der Waals surface area contributed by atoms with Gasteiger partial charge in [0.05, 0.1) is 6.61 Å². The SMILES string of the molecule is O=S(=O)(F)OCCCl. The molecule has 0 spiro atoms. The molecule has 0 bridgehead atoms. The van der Waals surface area contributed by atoms with E-state index in [9.17, 15) is 12.3 Å². The van der Waals surface area contributed by atoms with Gasteiger partial charge in [0.25, 0.3) is 0 Å². The highest BCUT2D eigenvalue weighted by Gasteiger charge is 2.04. The first kappa shape index (κ1) is 8.13. The van der Waals surface area contributed by atoms with Gasteiger partial charge in [-0.3, -0.25) is 0 Å². The minimum Gasteiger partial charge on any atom is -0.243 e. The molecule has 0 unspecified atom stereocenters. The fraction of sp³-hybridized carbons (Fsp3) is 1.00. The highest BCUT2D eigenvalue weighted by molar-refractivity contribution is 7.81. The Labute approximate surface area is 51.8 Å². The first-order valence-corrected chi connectivity index (χ1v) is 3.55. The summed E-state index contributed by atoms with van der Waals surface area (Å²) in [5.74, 6) is -0.0385. The molecular formula is C2H4ClFO3S. The topological polar surface area (TPSA) is 43.4 Å². The molecule has 0 radical (unpaired) electrons. The van der Waals surface area contributed by atoms with Gasteiger partial charge in [-0.1, -0.05) is 3.89 Å². The Morgan fingerprint density at radius 3 is 2.25 bits per heavy atom. The van der Waals surface area contributed by atoms with Crippen LogP contribution in [-0.2, 0) is 14.7 Å². The van der Waals surface area contributed by atoms with E-state index in [-0.39, 0.29) is 12.5 Å². The van der Waals surface area contributed by atoms with Crippen molar-refractivity contribution < 1.29 is 16.5 Å². The zero-order valence-electron chi connectivity index (χ0n) is 3.80. The van der Waals surface area contributed by atoms with Crippen LogP contribution in [0.25, 0.3) is 0 Å². The summed E-state index contributed by atoms with van der Waals surface area (Å²) < 4.78 is 33.7. The predicted octanol–water partition coefficient (Wildman–Crippen LogP) is 0.456. The maximum Gasteiger partial charge on any atom is 0.437 e. The Morgan fingerprint density at radius 2 is 2.12 bits per heavy atom. The minimum atomic E-state index is -4.77. The molecule has 8 heavy (non-hydrogen) atoms. The Bertz CT molecular complexity index is 141. The maximum absolute atomic E-state index is 11.3. The van der Waals surface area contributed by atoms with E-state index in [2.05, 4.69) is 4.18 Å². The third-order valence-electron chi connectivity index (χ3n) is 0.301. The first-order chi connectivity index (χ1) is 3.56. The minimum absolute atomic E-state index is 0.0385. The number of halogens is 2. The van der Waals surface area contributed by atoms with Gasteiger partial charge in [0, 0.05) is 5.88 Å². The van der Waals surface area contributed by atoms with Gasteiger partial charge in [-0.05, 0) is 0 Å². The summed E-state index contributed by atoms with van der Waals surface area (Å²) in [6.45, 7) is -0.319. The maximum atomic E-state index is 11.3. The smallest absolute Gasteiger partial charge is 0.243 e. The van der Waals surface area contributed by atoms with Crippen LogP contribution < -0.4 is 0 Å². The zero-order valence-corrected chi connectivity index (χ0v) is 5.38. The number of alkyl halides is 1. The molecule has 0 aliphatic heterocycles. The lowest BCUT2D eigenvalue weighted by molar-refractivity contribution is 0.313. The van der Waals surface area contributed by atoms with Crippen LogP contribution in [0.4, 0.5) is 3.89 Å². The summed E-state index contributed by atoms with van der Waals surface area (Å²) >= 11 is 4.95. The van der Waals surface area contributed by atoms with Crippen LogP contribution in [0.1, 0.15) is 0 Å². The van der Waals surface area contributed by atoms with E-state index in [4.69, 9.17) is 11.6 Å². The van der Waals surface area contributed by atoms with Crippen molar-refractivity contribution in [3.63, 3.8) is 0 Å². The van der Waals surface area contributed by atoms with Gasteiger partial charge in [-0.15, -0.1) is 11.6 Å². The van der Waals surface area contributed by atoms with Crippen molar-refractivity contribution >= 4 is 22.1 Å². The molecule has 0 aromatic heterocycles. The zero-order chi connectivity index (χ0) is 6.62. The summed E-state index contributed by atoms with van der Waals surface area (Å²) in [6, 6.07) is 0. The van der Waals surface area contributed by atoms with E-state index in [1.807, 2.05) is 0 Å². The van der Waals surface area contributed by atoms with Crippen molar-refractivity contribution in [2.75, 3.05) is 12.5 Å². The Kier molecular flexibility index (Phi) is 3.27. The van der Waals surface area contributed by atoms with E-state index in [0.29, 0.717) is 0 Å². The normalized spacial score (nSPS) is 11.8. The van der Waals surface area contributed by atoms with Gasteiger partial charge in [0.2, 0.25) is 0 Å². The first-order valence-electron chi connectivity index (χ1n) is 1.71. The monoisotopic (exact) mass is 162 g/mol. The molecule has 0 amide bonds. The van der Waals surface area contributed by atoms with E-state index < -0.39 is 10.5 Å². The molecule has 0 atom stereocenters. The molecule has 50 valence electrons. The average molecular weight is 163 g/mol. The lowest BCUT2D eigenvalue weighted by atomic mass is 10.9. The number of hydrogen-bond donors (Lipinski definition) is 0. The second-order valence-corrected chi connectivity index (χ2v) is 2.30. The Morgan fingerprint density at radius 1 is 1.62 bits per heavy atom. The number of rotatable bonds is 3. The third-order valence-corrected chi connectivity index (χ3v) is 0.904. The van der Waals surface area contributed by atoms with Gasteiger partial charge in [0.15, 0.2) is 0 Å². The van der Waals surface area contributed by atoms with Crippen molar-refractivity contribution in [2.24, 2.45) is 0 Å². The summed E-state index contributed by atoms with van der Waals surface area (Å²) in [7, 11) is -4.77. The lowest BCUT2D eigenvalue weighted by Crippen LogP contribution is -2.00. The highest BCUT2D eigenvalue weighted by Crippen LogP contribution is 1.92. The quantitative estimate of drug-likeness (QED) is 0.447. The molecule has 0 heterocycles. The van der Waals surface area contributed by atoms with Crippen molar-refractivity contribution in [2.45, 2.75) is 0 Å². The summed E-state index contributed by atoms with van der Waals surface area (Å²) in [5.41, 5.74) is 0. The summed E-state index contributed by atoms with van der Waals surface area (Å²) in [4.78, 5) is 0. The molecular weight excluding hydrogens is 159 g/mol. The highest BCUT2D eigenvalue weighted by atomic mass is 35.5. The molecule has 0 saturated carbocycles. The molecule has 0 aromatic rings. The average Bonchev–Trinajstić information content (AvgIpc) is 1.59. The molecule has 0 fully saturated rings. The van der Waals surface area contributed by atoms with Gasteiger partial charge < -0.3 is 0 Å². The Hall–Kier alpha value is 0.130. The van der Waals surface area contributed by atoms with Crippen LogP contribution in [0.15, 0.2) is 0 Å². The van der Waals surface area contributed by atoms with Crippen molar-refractivity contribution in [1.82, 2.24) is 0 Å². The van der Waals surface area contributed by atoms with Crippen LogP contribution in [0, 0.1) is 0 Å². The molecule has 0 aliphatic rings.